The Balaban J connectivity index is 2.46. The summed E-state index contributed by atoms with van der Waals surface area (Å²) in [6.45, 7) is 3.73. The van der Waals surface area contributed by atoms with E-state index in [1.807, 2.05) is 0 Å². The molecule has 1 aliphatic heterocycles. The number of carbonyl (C=O) groups is 2. The number of aliphatic hydroxyl groups is 3. The van der Waals surface area contributed by atoms with Gasteiger partial charge in [0, 0.05) is 12.8 Å². The van der Waals surface area contributed by atoms with Gasteiger partial charge in [-0.25, -0.2) is 0 Å². The third kappa shape index (κ3) is 28.4. The fourth-order valence-electron chi connectivity index (χ4n) is 6.67. The highest BCUT2D eigenvalue weighted by molar-refractivity contribution is 7.85. The minimum atomic E-state index is -4.60. The van der Waals surface area contributed by atoms with Crippen molar-refractivity contribution in [3.8, 4) is 0 Å². The van der Waals surface area contributed by atoms with Crippen LogP contribution in [0.4, 0.5) is 0 Å². The van der Waals surface area contributed by atoms with E-state index in [1.54, 1.807) is 0 Å². The molecule has 0 saturated carbocycles. The Morgan fingerprint density at radius 2 is 1.04 bits per heavy atom. The van der Waals surface area contributed by atoms with E-state index in [0.717, 1.165) is 57.8 Å². The van der Waals surface area contributed by atoms with E-state index in [1.165, 1.54) is 89.9 Å². The van der Waals surface area contributed by atoms with Crippen LogP contribution in [-0.2, 0) is 38.7 Å². The second kappa shape index (κ2) is 33.4. The molecule has 0 bridgehead atoms. The summed E-state index contributed by atoms with van der Waals surface area (Å²) in [6.07, 6.45) is 24.0. The number of unbranched alkanes of at least 4 members (excludes halogenated alkanes) is 22. The Morgan fingerprint density at radius 1 is 0.600 bits per heavy atom. The smallest absolute Gasteiger partial charge is 0.306 e. The van der Waals surface area contributed by atoms with Gasteiger partial charge < -0.3 is 34.3 Å². The molecular formula is C42H78O12S. The summed E-state index contributed by atoms with van der Waals surface area (Å²) in [6, 6.07) is 0. The number of rotatable bonds is 36. The fourth-order valence-corrected chi connectivity index (χ4v) is 7.36. The highest BCUT2D eigenvalue weighted by Gasteiger charge is 2.46. The predicted molar refractivity (Wildman–Crippen MR) is 215 cm³/mol. The van der Waals surface area contributed by atoms with Crippen LogP contribution < -0.4 is 0 Å². The summed E-state index contributed by atoms with van der Waals surface area (Å²) < 4.78 is 53.9. The lowest BCUT2D eigenvalue weighted by Gasteiger charge is -2.40. The fraction of sp³-hybridized carbons (Fsp3) is 0.905. The van der Waals surface area contributed by atoms with Gasteiger partial charge in [-0.05, 0) is 38.5 Å². The van der Waals surface area contributed by atoms with E-state index in [9.17, 15) is 37.9 Å². The van der Waals surface area contributed by atoms with Gasteiger partial charge in [0.1, 0.15) is 36.8 Å². The van der Waals surface area contributed by atoms with Crippen LogP contribution in [0.25, 0.3) is 0 Å². The molecule has 0 spiro atoms. The molecule has 324 valence electrons. The number of esters is 2. The third-order valence-electron chi connectivity index (χ3n) is 10.1. The normalized spacial score (nSPS) is 20.9. The van der Waals surface area contributed by atoms with Crippen LogP contribution in [0.5, 0.6) is 0 Å². The number of hydrogen-bond donors (Lipinski definition) is 4. The maximum atomic E-state index is 12.8. The number of hydrogen-bond acceptors (Lipinski definition) is 11. The standard InChI is InChI=1S/C42H78O12S/c1-3-5-7-9-11-13-15-17-18-19-21-22-24-26-28-30-37(43)51-32-35(33-52-42-41(47)40(46)39(45)36(54-42)34-55(48,49)50)53-38(44)31-29-27-25-23-20-16-14-12-10-8-6-4-2/h12,14,35-36,39-42,45-47H,3-11,13,15-34H2,1-2H3,(H,48,49,50)/b14-12+/t35-,36-,39-,40?,41?,42+/m1/s1. The highest BCUT2D eigenvalue weighted by atomic mass is 32.2. The van der Waals surface area contributed by atoms with Gasteiger partial charge >= 0.3 is 11.9 Å². The lowest BCUT2D eigenvalue weighted by Crippen LogP contribution is -2.60. The molecular weight excluding hydrogens is 729 g/mol. The average Bonchev–Trinajstić information content (AvgIpc) is 3.14. The van der Waals surface area contributed by atoms with Gasteiger partial charge in [0.15, 0.2) is 12.4 Å². The van der Waals surface area contributed by atoms with E-state index >= 15 is 0 Å². The van der Waals surface area contributed by atoms with Crippen LogP contribution in [0, 0.1) is 0 Å². The van der Waals surface area contributed by atoms with E-state index in [0.29, 0.717) is 12.8 Å². The summed E-state index contributed by atoms with van der Waals surface area (Å²) >= 11 is 0. The van der Waals surface area contributed by atoms with E-state index in [2.05, 4.69) is 26.0 Å². The summed E-state index contributed by atoms with van der Waals surface area (Å²) in [5, 5.41) is 30.8. The Labute approximate surface area is 333 Å². The van der Waals surface area contributed by atoms with Crippen molar-refractivity contribution >= 4 is 22.1 Å². The number of allylic oxidation sites excluding steroid dienone is 2. The van der Waals surface area contributed by atoms with Crippen molar-refractivity contribution in [3.63, 3.8) is 0 Å². The first kappa shape index (κ1) is 51.4. The molecule has 2 unspecified atom stereocenters. The number of carbonyl (C=O) groups excluding carboxylic acids is 2. The van der Waals surface area contributed by atoms with E-state index in [-0.39, 0.29) is 19.4 Å². The molecule has 0 radical (unpaired) electrons. The molecule has 6 atom stereocenters. The number of aliphatic hydroxyl groups excluding tert-OH is 3. The lowest BCUT2D eigenvalue weighted by atomic mass is 10.00. The molecule has 0 aliphatic carbocycles. The van der Waals surface area contributed by atoms with Crippen LogP contribution in [0.2, 0.25) is 0 Å². The van der Waals surface area contributed by atoms with Gasteiger partial charge in [0.05, 0.1) is 6.61 Å². The first-order chi connectivity index (χ1) is 26.5. The van der Waals surface area contributed by atoms with Crippen LogP contribution in [-0.4, -0.2) is 96.0 Å². The second-order valence-corrected chi connectivity index (χ2v) is 16.9. The molecule has 1 heterocycles. The lowest BCUT2D eigenvalue weighted by molar-refractivity contribution is -0.297. The maximum Gasteiger partial charge on any atom is 0.306 e. The summed E-state index contributed by atoms with van der Waals surface area (Å²) in [5.74, 6) is -1.98. The molecule has 1 saturated heterocycles. The first-order valence-electron chi connectivity index (χ1n) is 21.7. The zero-order valence-corrected chi connectivity index (χ0v) is 35.1. The van der Waals surface area contributed by atoms with Gasteiger partial charge in [0.2, 0.25) is 0 Å². The molecule has 0 aromatic carbocycles. The van der Waals surface area contributed by atoms with Crippen LogP contribution in [0.15, 0.2) is 12.2 Å². The highest BCUT2D eigenvalue weighted by Crippen LogP contribution is 2.24. The second-order valence-electron chi connectivity index (χ2n) is 15.4. The molecule has 12 nitrogen and oxygen atoms in total. The topological polar surface area (TPSA) is 186 Å². The van der Waals surface area contributed by atoms with Crippen molar-refractivity contribution in [2.24, 2.45) is 0 Å². The molecule has 1 aliphatic rings. The summed E-state index contributed by atoms with van der Waals surface area (Å²) in [4.78, 5) is 25.3. The molecule has 4 N–H and O–H groups in total. The monoisotopic (exact) mass is 807 g/mol. The Kier molecular flexibility index (Phi) is 31.2. The van der Waals surface area contributed by atoms with Gasteiger partial charge in [-0.2, -0.15) is 8.42 Å². The van der Waals surface area contributed by atoms with Crippen molar-refractivity contribution in [3.05, 3.63) is 12.2 Å². The van der Waals surface area contributed by atoms with Crippen LogP contribution >= 0.6 is 0 Å². The van der Waals surface area contributed by atoms with Gasteiger partial charge in [-0.3, -0.25) is 14.1 Å². The van der Waals surface area contributed by atoms with Gasteiger partial charge in [-0.1, -0.05) is 148 Å². The molecule has 1 fully saturated rings. The maximum absolute atomic E-state index is 12.8. The van der Waals surface area contributed by atoms with Crippen molar-refractivity contribution in [2.75, 3.05) is 19.0 Å². The van der Waals surface area contributed by atoms with Crippen molar-refractivity contribution in [1.29, 1.82) is 0 Å². The van der Waals surface area contributed by atoms with Crippen molar-refractivity contribution < 1.29 is 56.8 Å². The van der Waals surface area contributed by atoms with Crippen molar-refractivity contribution in [2.45, 2.75) is 224 Å². The Morgan fingerprint density at radius 3 is 1.55 bits per heavy atom. The SMILES string of the molecule is CCCCC/C=C/CCCCCCCC(=O)O[C@H](COC(=O)CCCCCCCCCCCCCCCCC)CO[C@H]1O[C@H](CS(=O)(=O)O)[C@@H](O)C(O)C1O. The number of ether oxygens (including phenoxy) is 4. The van der Waals surface area contributed by atoms with E-state index < -0.39 is 71.2 Å². The average molecular weight is 807 g/mol. The van der Waals surface area contributed by atoms with Gasteiger partial charge in [0.25, 0.3) is 10.1 Å². The molecule has 13 heteroatoms. The molecule has 0 amide bonds. The summed E-state index contributed by atoms with van der Waals surface area (Å²) in [5.41, 5.74) is 0. The minimum absolute atomic E-state index is 0.158. The first-order valence-corrected chi connectivity index (χ1v) is 23.4. The quantitative estimate of drug-likeness (QED) is 0.0206. The zero-order chi connectivity index (χ0) is 40.6. The van der Waals surface area contributed by atoms with Gasteiger partial charge in [-0.15, -0.1) is 0 Å². The van der Waals surface area contributed by atoms with E-state index in [4.69, 9.17) is 18.9 Å². The predicted octanol–water partition coefficient (Wildman–Crippen LogP) is 8.28. The Bertz CT molecular complexity index is 1080. The van der Waals surface area contributed by atoms with Crippen LogP contribution in [0.1, 0.15) is 187 Å². The zero-order valence-electron chi connectivity index (χ0n) is 34.3. The third-order valence-corrected chi connectivity index (χ3v) is 10.8. The molecule has 0 aromatic rings. The Hall–Kier alpha value is -1.61. The van der Waals surface area contributed by atoms with Crippen molar-refractivity contribution in [1.82, 2.24) is 0 Å². The largest absolute Gasteiger partial charge is 0.462 e. The molecule has 0 aromatic heterocycles. The molecule has 1 rings (SSSR count). The minimum Gasteiger partial charge on any atom is -0.462 e. The summed E-state index contributed by atoms with van der Waals surface area (Å²) in [7, 11) is -4.60. The molecule has 55 heavy (non-hydrogen) atoms. The van der Waals surface area contributed by atoms with Crippen LogP contribution in [0.3, 0.4) is 0 Å².